The zero-order valence-electron chi connectivity index (χ0n) is 14.7. The number of hydrogen-bond acceptors (Lipinski definition) is 4. The molecule has 0 aliphatic carbocycles. The Bertz CT molecular complexity index is 276. The Morgan fingerprint density at radius 1 is 0.864 bits per heavy atom. The van der Waals surface area contributed by atoms with Crippen molar-refractivity contribution in [3.63, 3.8) is 0 Å². The van der Waals surface area contributed by atoms with E-state index in [1.807, 2.05) is 0 Å². The van der Waals surface area contributed by atoms with Crippen molar-refractivity contribution in [3.05, 3.63) is 0 Å². The quantitative estimate of drug-likeness (QED) is 0.185. The van der Waals surface area contributed by atoms with Crippen LogP contribution in [0.4, 0.5) is 0 Å². The Morgan fingerprint density at radius 2 is 1.27 bits per heavy atom. The standard InChI is InChI=1S/C16H30O3S.2K/c1-2-3-4-5-6-7-8-9-10-11-12-14(16(18)19)13-15(17)20;;/h14H,2-13H2,1H3,(H,17,20)(H,18,19);;/q;2*+1/p-2. The molecule has 0 rings (SSSR count). The van der Waals surface area contributed by atoms with Crippen LogP contribution in [0.5, 0.6) is 0 Å². The SMILES string of the molecule is CCCCCCCCCCCCC(CC(=O)[S-])C(=O)[O-].[K+].[K+]. The van der Waals surface area contributed by atoms with Gasteiger partial charge in [0.2, 0.25) is 0 Å². The Balaban J connectivity index is -0.00000180. The van der Waals surface area contributed by atoms with Crippen LogP contribution in [0.15, 0.2) is 0 Å². The van der Waals surface area contributed by atoms with Crippen molar-refractivity contribution in [2.24, 2.45) is 5.92 Å². The molecule has 0 fully saturated rings. The van der Waals surface area contributed by atoms with Crippen molar-refractivity contribution in [1.29, 1.82) is 0 Å². The maximum Gasteiger partial charge on any atom is 1.00 e. The van der Waals surface area contributed by atoms with Crippen molar-refractivity contribution in [3.8, 4) is 0 Å². The van der Waals surface area contributed by atoms with Gasteiger partial charge in [-0.3, -0.25) is 0 Å². The summed E-state index contributed by atoms with van der Waals surface area (Å²) in [5.74, 6) is -1.83. The van der Waals surface area contributed by atoms with Crippen LogP contribution in [-0.2, 0) is 22.2 Å². The number of carboxylic acids is 1. The maximum absolute atomic E-state index is 10.8. The summed E-state index contributed by atoms with van der Waals surface area (Å²) in [5, 5.41) is 10.3. The largest absolute Gasteiger partial charge is 1.00 e. The van der Waals surface area contributed by atoms with Crippen molar-refractivity contribution in [2.75, 3.05) is 0 Å². The molecule has 0 aromatic heterocycles. The normalized spacial score (nSPS) is 11.1. The summed E-state index contributed by atoms with van der Waals surface area (Å²) < 4.78 is 0. The van der Waals surface area contributed by atoms with E-state index < -0.39 is 17.0 Å². The smallest absolute Gasteiger partial charge is 0.742 e. The Morgan fingerprint density at radius 3 is 1.64 bits per heavy atom. The molecule has 0 N–H and O–H groups in total. The van der Waals surface area contributed by atoms with Crippen molar-refractivity contribution in [1.82, 2.24) is 0 Å². The summed E-state index contributed by atoms with van der Waals surface area (Å²) >= 11 is 4.42. The van der Waals surface area contributed by atoms with Crippen LogP contribution in [0.1, 0.15) is 84.0 Å². The van der Waals surface area contributed by atoms with E-state index in [1.54, 1.807) is 0 Å². The van der Waals surface area contributed by atoms with Crippen LogP contribution in [0.2, 0.25) is 0 Å². The molecular weight excluding hydrogens is 350 g/mol. The molecule has 0 heterocycles. The van der Waals surface area contributed by atoms with Gasteiger partial charge in [0, 0.05) is 17.0 Å². The predicted octanol–water partition coefficient (Wildman–Crippen LogP) is -2.86. The Hall–Kier alpha value is 2.63. The van der Waals surface area contributed by atoms with Crippen LogP contribution in [0.3, 0.4) is 0 Å². The molecule has 0 aliphatic rings. The fraction of sp³-hybridized carbons (Fsp3) is 0.875. The molecule has 0 amide bonds. The Kier molecular flexibility index (Phi) is 29.0. The molecule has 3 nitrogen and oxygen atoms in total. The summed E-state index contributed by atoms with van der Waals surface area (Å²) in [5.41, 5.74) is 0. The third kappa shape index (κ3) is 20.7. The van der Waals surface area contributed by atoms with Gasteiger partial charge in [0.1, 0.15) is 0 Å². The average Bonchev–Trinajstić information content (AvgIpc) is 2.39. The van der Waals surface area contributed by atoms with E-state index in [1.165, 1.54) is 44.9 Å². The predicted molar refractivity (Wildman–Crippen MR) is 81.9 cm³/mol. The van der Waals surface area contributed by atoms with E-state index in [0.29, 0.717) is 6.42 Å². The van der Waals surface area contributed by atoms with E-state index in [2.05, 4.69) is 19.6 Å². The van der Waals surface area contributed by atoms with Gasteiger partial charge in [-0.25, -0.2) is 0 Å². The minimum atomic E-state index is -1.14. The molecule has 0 saturated carbocycles. The number of carboxylic acid groups (broad SMARTS) is 1. The van der Waals surface area contributed by atoms with Gasteiger partial charge in [0.15, 0.2) is 0 Å². The zero-order valence-corrected chi connectivity index (χ0v) is 21.8. The molecule has 1 atom stereocenters. The van der Waals surface area contributed by atoms with E-state index in [-0.39, 0.29) is 109 Å². The molecule has 118 valence electrons. The summed E-state index contributed by atoms with van der Waals surface area (Å²) in [6.45, 7) is 2.22. The molecule has 1 unspecified atom stereocenters. The van der Waals surface area contributed by atoms with Crippen LogP contribution in [-0.4, -0.2) is 11.1 Å². The molecule has 6 heteroatoms. The fourth-order valence-electron chi connectivity index (χ4n) is 2.38. The number of rotatable bonds is 14. The number of unbranched alkanes of at least 4 members (excludes halogenated alkanes) is 9. The summed E-state index contributed by atoms with van der Waals surface area (Å²) in [4.78, 5) is 21.6. The summed E-state index contributed by atoms with van der Waals surface area (Å²) in [7, 11) is 0. The van der Waals surface area contributed by atoms with Crippen LogP contribution >= 0.6 is 0 Å². The summed E-state index contributed by atoms with van der Waals surface area (Å²) in [6, 6.07) is 0. The molecule has 0 bridgehead atoms. The zero-order chi connectivity index (χ0) is 15.2. The van der Waals surface area contributed by atoms with Gasteiger partial charge >= 0.3 is 103 Å². The Labute approximate surface area is 226 Å². The monoisotopic (exact) mass is 378 g/mol. The molecule has 0 saturated heterocycles. The second kappa shape index (κ2) is 21.7. The minimum absolute atomic E-state index is 0. The molecule has 0 spiro atoms. The third-order valence-corrected chi connectivity index (χ3v) is 3.82. The number of carbonyl (C=O) groups excluding carboxylic acids is 2. The molecule has 0 aliphatic heterocycles. The van der Waals surface area contributed by atoms with Crippen LogP contribution in [0, 0.1) is 5.92 Å². The summed E-state index contributed by atoms with van der Waals surface area (Å²) in [6.07, 6.45) is 12.6. The second-order valence-electron chi connectivity index (χ2n) is 5.56. The third-order valence-electron chi connectivity index (χ3n) is 3.65. The van der Waals surface area contributed by atoms with Crippen molar-refractivity contribution in [2.45, 2.75) is 84.0 Å². The van der Waals surface area contributed by atoms with E-state index in [0.717, 1.165) is 19.3 Å². The molecule has 0 aromatic rings. The van der Waals surface area contributed by atoms with Gasteiger partial charge in [-0.1, -0.05) is 71.1 Å². The molecule has 0 aromatic carbocycles. The van der Waals surface area contributed by atoms with Crippen molar-refractivity contribution < 1.29 is 117 Å². The van der Waals surface area contributed by atoms with Gasteiger partial charge in [-0.15, -0.1) is 0 Å². The molecule has 0 radical (unpaired) electrons. The average molecular weight is 379 g/mol. The van der Waals surface area contributed by atoms with E-state index in [9.17, 15) is 14.7 Å². The van der Waals surface area contributed by atoms with E-state index in [4.69, 9.17) is 0 Å². The minimum Gasteiger partial charge on any atom is -0.742 e. The van der Waals surface area contributed by atoms with E-state index >= 15 is 0 Å². The van der Waals surface area contributed by atoms with Gasteiger partial charge in [-0.05, 0) is 12.8 Å². The van der Waals surface area contributed by atoms with Crippen LogP contribution < -0.4 is 108 Å². The number of hydrogen-bond donors (Lipinski definition) is 0. The first-order valence-corrected chi connectivity index (χ1v) is 8.39. The van der Waals surface area contributed by atoms with Gasteiger partial charge in [0.05, 0.1) is 0 Å². The van der Waals surface area contributed by atoms with Gasteiger partial charge in [-0.2, -0.15) is 0 Å². The van der Waals surface area contributed by atoms with Crippen LogP contribution in [0.25, 0.3) is 0 Å². The van der Waals surface area contributed by atoms with Crippen molar-refractivity contribution >= 4 is 23.7 Å². The number of aliphatic carboxylic acids is 1. The first kappa shape index (κ1) is 29.4. The molecular formula is C16H28K2O3S. The number of carbonyl (C=O) groups is 2. The topological polar surface area (TPSA) is 57.2 Å². The van der Waals surface area contributed by atoms with Gasteiger partial charge in [0.25, 0.3) is 0 Å². The first-order chi connectivity index (χ1) is 9.57. The first-order valence-electron chi connectivity index (χ1n) is 7.98. The van der Waals surface area contributed by atoms with Gasteiger partial charge < -0.3 is 27.3 Å². The fourth-order valence-corrected chi connectivity index (χ4v) is 2.58. The second-order valence-corrected chi connectivity index (χ2v) is 6.02. The molecule has 22 heavy (non-hydrogen) atoms. The maximum atomic E-state index is 10.8.